The maximum atomic E-state index is 12.8. The van der Waals surface area contributed by atoms with E-state index in [9.17, 15) is 14.7 Å². The van der Waals surface area contributed by atoms with Crippen LogP contribution in [0.15, 0.2) is 53.0 Å². The summed E-state index contributed by atoms with van der Waals surface area (Å²) in [4.78, 5) is 25.5. The predicted octanol–water partition coefficient (Wildman–Crippen LogP) is 7.25. The van der Waals surface area contributed by atoms with Gasteiger partial charge in [0.05, 0.1) is 20.7 Å². The van der Waals surface area contributed by atoms with Crippen LogP contribution in [-0.4, -0.2) is 16.8 Å². The molecule has 2 N–H and O–H groups in total. The second kappa shape index (κ2) is 8.94. The number of ketones is 1. The fraction of sp³-hybridized carbons (Fsp3) is 0. The van der Waals surface area contributed by atoms with Gasteiger partial charge < -0.3 is 10.4 Å². The number of phenols is 1. The molecule has 3 rings (SSSR count). The van der Waals surface area contributed by atoms with Crippen molar-refractivity contribution in [1.82, 2.24) is 0 Å². The molecule has 9 heteroatoms. The van der Waals surface area contributed by atoms with Crippen LogP contribution in [0.3, 0.4) is 0 Å². The van der Waals surface area contributed by atoms with Gasteiger partial charge in [0.15, 0.2) is 5.78 Å². The number of amides is 1. The third kappa shape index (κ3) is 4.87. The van der Waals surface area contributed by atoms with Crippen LogP contribution in [0, 0.1) is 0 Å². The van der Waals surface area contributed by atoms with Gasteiger partial charge in [-0.2, -0.15) is 0 Å². The molecule has 0 atom stereocenters. The maximum Gasteiger partial charge on any atom is 0.259 e. The number of carbonyl (C=O) groups excluding carboxylic acids is 2. The molecule has 148 valence electrons. The first-order chi connectivity index (χ1) is 13.7. The SMILES string of the molecule is O=C(Nc1cc(Cl)cc(C(=O)c2ccc(Cl)cc2)c1Cl)c1cc(Cl)cc(Br)c1O. The molecule has 0 saturated heterocycles. The lowest BCUT2D eigenvalue weighted by molar-refractivity contribution is 0.101. The highest BCUT2D eigenvalue weighted by atomic mass is 79.9. The van der Waals surface area contributed by atoms with E-state index in [1.807, 2.05) is 0 Å². The van der Waals surface area contributed by atoms with E-state index in [-0.39, 0.29) is 42.1 Å². The third-order valence-corrected chi connectivity index (χ3v) is 5.61. The van der Waals surface area contributed by atoms with E-state index < -0.39 is 11.7 Å². The summed E-state index contributed by atoms with van der Waals surface area (Å²) in [5.41, 5.74) is 0.489. The fourth-order valence-corrected chi connectivity index (χ4v) is 3.93. The van der Waals surface area contributed by atoms with Gasteiger partial charge in [-0.05, 0) is 64.5 Å². The Morgan fingerprint density at radius 1 is 0.828 bits per heavy atom. The monoisotopic (exact) mass is 531 g/mol. The lowest BCUT2D eigenvalue weighted by Gasteiger charge is -2.13. The average Bonchev–Trinajstić information content (AvgIpc) is 2.67. The zero-order chi connectivity index (χ0) is 21.3. The van der Waals surface area contributed by atoms with Gasteiger partial charge >= 0.3 is 0 Å². The first-order valence-electron chi connectivity index (χ1n) is 7.96. The number of benzene rings is 3. The molecule has 0 saturated carbocycles. The number of anilines is 1. The predicted molar refractivity (Wildman–Crippen MR) is 120 cm³/mol. The Bertz CT molecular complexity index is 1130. The lowest BCUT2D eigenvalue weighted by atomic mass is 10.0. The number of halogens is 5. The van der Waals surface area contributed by atoms with Crippen LogP contribution in [0.2, 0.25) is 20.1 Å². The zero-order valence-corrected chi connectivity index (χ0v) is 18.9. The van der Waals surface area contributed by atoms with Crippen LogP contribution in [0.4, 0.5) is 5.69 Å². The Morgan fingerprint density at radius 2 is 1.41 bits per heavy atom. The lowest BCUT2D eigenvalue weighted by Crippen LogP contribution is -2.14. The fourth-order valence-electron chi connectivity index (χ4n) is 2.53. The minimum Gasteiger partial charge on any atom is -0.506 e. The van der Waals surface area contributed by atoms with Crippen molar-refractivity contribution in [3.05, 3.63) is 89.8 Å². The van der Waals surface area contributed by atoms with Crippen LogP contribution in [0.25, 0.3) is 0 Å². The van der Waals surface area contributed by atoms with Gasteiger partial charge in [0, 0.05) is 26.2 Å². The summed E-state index contributed by atoms with van der Waals surface area (Å²) >= 11 is 27.4. The summed E-state index contributed by atoms with van der Waals surface area (Å²) < 4.78 is 0.256. The van der Waals surface area contributed by atoms with E-state index in [1.54, 1.807) is 24.3 Å². The van der Waals surface area contributed by atoms with E-state index >= 15 is 0 Å². The van der Waals surface area contributed by atoms with Gasteiger partial charge in [0.25, 0.3) is 5.91 Å². The molecule has 0 aliphatic carbocycles. The number of rotatable bonds is 4. The van der Waals surface area contributed by atoms with Crippen LogP contribution in [0.1, 0.15) is 26.3 Å². The van der Waals surface area contributed by atoms with Crippen molar-refractivity contribution in [2.75, 3.05) is 5.32 Å². The van der Waals surface area contributed by atoms with E-state index in [2.05, 4.69) is 21.2 Å². The molecule has 0 spiro atoms. The van der Waals surface area contributed by atoms with Gasteiger partial charge in [-0.15, -0.1) is 0 Å². The van der Waals surface area contributed by atoms with Gasteiger partial charge in [0.2, 0.25) is 0 Å². The maximum absolute atomic E-state index is 12.8. The highest BCUT2D eigenvalue weighted by molar-refractivity contribution is 9.10. The summed E-state index contributed by atoms with van der Waals surface area (Å²) in [5.74, 6) is -1.36. The summed E-state index contributed by atoms with van der Waals surface area (Å²) in [5, 5.41) is 13.6. The number of carbonyl (C=O) groups is 2. The molecule has 0 unspecified atom stereocenters. The number of hydrogen-bond acceptors (Lipinski definition) is 3. The van der Waals surface area contributed by atoms with E-state index in [4.69, 9.17) is 46.4 Å². The molecule has 0 fully saturated rings. The van der Waals surface area contributed by atoms with Crippen LogP contribution >= 0.6 is 62.3 Å². The Kier molecular flexibility index (Phi) is 6.76. The van der Waals surface area contributed by atoms with Crippen LogP contribution < -0.4 is 5.32 Å². The van der Waals surface area contributed by atoms with Crippen molar-refractivity contribution < 1.29 is 14.7 Å². The van der Waals surface area contributed by atoms with E-state index in [0.717, 1.165) is 0 Å². The average molecular weight is 534 g/mol. The molecular formula is C20H10BrCl4NO3. The summed E-state index contributed by atoms with van der Waals surface area (Å²) in [7, 11) is 0. The molecule has 3 aromatic carbocycles. The Balaban J connectivity index is 1.98. The second-order valence-corrected chi connectivity index (χ2v) is 8.43. The number of phenolic OH excluding ortho intramolecular Hbond substituents is 1. The molecule has 0 heterocycles. The summed E-state index contributed by atoms with van der Waals surface area (Å²) in [6.07, 6.45) is 0. The largest absolute Gasteiger partial charge is 0.506 e. The molecule has 0 radical (unpaired) electrons. The van der Waals surface area contributed by atoms with E-state index in [0.29, 0.717) is 10.6 Å². The third-order valence-electron chi connectivity index (χ3n) is 3.91. The van der Waals surface area contributed by atoms with E-state index in [1.165, 1.54) is 24.3 Å². The number of nitrogens with one attached hydrogen (secondary N) is 1. The molecule has 0 bridgehead atoms. The van der Waals surface area contributed by atoms with Gasteiger partial charge in [-0.25, -0.2) is 0 Å². The molecule has 29 heavy (non-hydrogen) atoms. The smallest absolute Gasteiger partial charge is 0.259 e. The van der Waals surface area contributed by atoms with Gasteiger partial charge in [0.1, 0.15) is 5.75 Å². The Labute approximate surface area is 194 Å². The van der Waals surface area contributed by atoms with Gasteiger partial charge in [-0.3, -0.25) is 9.59 Å². The van der Waals surface area contributed by atoms with Crippen molar-refractivity contribution in [2.24, 2.45) is 0 Å². The topological polar surface area (TPSA) is 66.4 Å². The highest BCUT2D eigenvalue weighted by Crippen LogP contribution is 2.35. The first kappa shape index (κ1) is 21.9. The Hall–Kier alpha value is -1.76. The summed E-state index contributed by atoms with van der Waals surface area (Å²) in [6, 6.07) is 11.8. The molecule has 0 aliphatic rings. The normalized spacial score (nSPS) is 10.7. The molecule has 0 aliphatic heterocycles. The standard InChI is InChI=1S/C20H10BrCl4NO3/c21-15-7-11(23)6-14(19(15)28)20(29)26-16-8-12(24)5-13(17(16)25)18(27)9-1-3-10(22)4-2-9/h1-8,28H,(H,26,29). The molecule has 0 aromatic heterocycles. The van der Waals surface area contributed by atoms with Crippen molar-refractivity contribution in [3.63, 3.8) is 0 Å². The van der Waals surface area contributed by atoms with Crippen molar-refractivity contribution in [3.8, 4) is 5.75 Å². The van der Waals surface area contributed by atoms with Gasteiger partial charge in [-0.1, -0.05) is 46.4 Å². The molecule has 3 aromatic rings. The van der Waals surface area contributed by atoms with Crippen LogP contribution in [0.5, 0.6) is 5.75 Å². The first-order valence-corrected chi connectivity index (χ1v) is 10.3. The highest BCUT2D eigenvalue weighted by Gasteiger charge is 2.21. The van der Waals surface area contributed by atoms with Crippen molar-refractivity contribution in [1.29, 1.82) is 0 Å². The molecule has 4 nitrogen and oxygen atoms in total. The molecular weight excluding hydrogens is 524 g/mol. The number of hydrogen-bond donors (Lipinski definition) is 2. The zero-order valence-electron chi connectivity index (χ0n) is 14.3. The van der Waals surface area contributed by atoms with Crippen LogP contribution in [-0.2, 0) is 0 Å². The van der Waals surface area contributed by atoms with Crippen molar-refractivity contribution in [2.45, 2.75) is 0 Å². The minimum atomic E-state index is -0.681. The quantitative estimate of drug-likeness (QED) is 0.347. The Morgan fingerprint density at radius 3 is 2.07 bits per heavy atom. The summed E-state index contributed by atoms with van der Waals surface area (Å²) in [6.45, 7) is 0. The second-order valence-electron chi connectivity index (χ2n) is 5.89. The molecule has 1 amide bonds. The number of aromatic hydroxyl groups is 1. The minimum absolute atomic E-state index is 0.00304. The van der Waals surface area contributed by atoms with Crippen molar-refractivity contribution >= 4 is 79.7 Å².